The quantitative estimate of drug-likeness (QED) is 0.647. The first kappa shape index (κ1) is 16.5. The average molecular weight is 350 g/mol. The maximum atomic E-state index is 12.6. The summed E-state index contributed by atoms with van der Waals surface area (Å²) in [5.74, 6) is 0. The molecule has 1 N–H and O–H groups in total. The first-order valence-electron chi connectivity index (χ1n) is 5.92. The van der Waals surface area contributed by atoms with Crippen LogP contribution < -0.4 is 5.32 Å². The Morgan fingerprint density at radius 1 is 1.41 bits per heavy atom. The topological polar surface area (TPSA) is 81.0 Å². The SMILES string of the molecule is CCNc1nnc(Sc2ccc(C(F)(F)F)cc2[N+](=O)[O-])s1. The second-order valence-corrected chi connectivity index (χ2v) is 6.21. The third-order valence-electron chi connectivity index (χ3n) is 2.41. The molecule has 6 nitrogen and oxygen atoms in total. The Morgan fingerprint density at radius 3 is 2.73 bits per heavy atom. The fourth-order valence-electron chi connectivity index (χ4n) is 1.49. The van der Waals surface area contributed by atoms with Crippen LogP contribution in [0.4, 0.5) is 24.0 Å². The molecule has 0 saturated carbocycles. The van der Waals surface area contributed by atoms with Gasteiger partial charge in [-0.25, -0.2) is 0 Å². The number of hydrogen-bond acceptors (Lipinski definition) is 7. The Balaban J connectivity index is 2.31. The lowest BCUT2D eigenvalue weighted by Gasteiger charge is -2.07. The van der Waals surface area contributed by atoms with Crippen LogP contribution in [0.15, 0.2) is 27.4 Å². The number of nitrogens with zero attached hydrogens (tertiary/aromatic N) is 3. The van der Waals surface area contributed by atoms with E-state index in [2.05, 4.69) is 15.5 Å². The standard InChI is InChI=1S/C11H9F3N4O2S2/c1-2-15-9-16-17-10(22-9)21-8-4-3-6(11(12,13)14)5-7(8)18(19)20/h3-5H,2H2,1H3,(H,15,16). The molecule has 0 atom stereocenters. The zero-order valence-electron chi connectivity index (χ0n) is 11.0. The Labute approximate surface area is 130 Å². The summed E-state index contributed by atoms with van der Waals surface area (Å²) in [6.45, 7) is 2.51. The summed E-state index contributed by atoms with van der Waals surface area (Å²) >= 11 is 2.07. The number of hydrogen-bond donors (Lipinski definition) is 1. The molecule has 1 aromatic carbocycles. The highest BCUT2D eigenvalue weighted by Crippen LogP contribution is 2.40. The van der Waals surface area contributed by atoms with E-state index in [0.29, 0.717) is 22.1 Å². The molecule has 22 heavy (non-hydrogen) atoms. The van der Waals surface area contributed by atoms with Gasteiger partial charge in [0.05, 0.1) is 15.4 Å². The van der Waals surface area contributed by atoms with Crippen LogP contribution in [0, 0.1) is 10.1 Å². The molecule has 0 amide bonds. The Bertz CT molecular complexity index is 690. The van der Waals surface area contributed by atoms with Crippen molar-refractivity contribution in [2.75, 3.05) is 11.9 Å². The van der Waals surface area contributed by atoms with Gasteiger partial charge in [-0.3, -0.25) is 10.1 Å². The fourth-order valence-corrected chi connectivity index (χ4v) is 3.35. The van der Waals surface area contributed by atoms with Gasteiger partial charge in [0.25, 0.3) is 5.69 Å². The summed E-state index contributed by atoms with van der Waals surface area (Å²) in [7, 11) is 0. The van der Waals surface area contributed by atoms with Crippen molar-refractivity contribution < 1.29 is 18.1 Å². The van der Waals surface area contributed by atoms with Gasteiger partial charge < -0.3 is 5.32 Å². The highest BCUT2D eigenvalue weighted by Gasteiger charge is 2.33. The van der Waals surface area contributed by atoms with E-state index in [1.54, 1.807) is 0 Å². The molecule has 11 heteroatoms. The summed E-state index contributed by atoms with van der Waals surface area (Å²) in [6, 6.07) is 2.40. The summed E-state index contributed by atoms with van der Waals surface area (Å²) in [4.78, 5) is 10.2. The highest BCUT2D eigenvalue weighted by atomic mass is 32.2. The molecule has 0 aliphatic heterocycles. The minimum atomic E-state index is -4.63. The second kappa shape index (κ2) is 6.48. The second-order valence-electron chi connectivity index (χ2n) is 3.94. The van der Waals surface area contributed by atoms with Crippen molar-refractivity contribution in [2.45, 2.75) is 22.3 Å². The van der Waals surface area contributed by atoms with Gasteiger partial charge in [0.15, 0.2) is 4.34 Å². The predicted molar refractivity (Wildman–Crippen MR) is 76.3 cm³/mol. The zero-order chi connectivity index (χ0) is 16.3. The minimum absolute atomic E-state index is 0.0807. The molecular formula is C11H9F3N4O2S2. The summed E-state index contributed by atoms with van der Waals surface area (Å²) < 4.78 is 38.3. The van der Waals surface area contributed by atoms with E-state index in [4.69, 9.17) is 0 Å². The molecule has 1 aromatic heterocycles. The molecule has 0 radical (unpaired) electrons. The first-order chi connectivity index (χ1) is 10.3. The van der Waals surface area contributed by atoms with Crippen molar-refractivity contribution >= 4 is 33.9 Å². The highest BCUT2D eigenvalue weighted by molar-refractivity contribution is 8.01. The minimum Gasteiger partial charge on any atom is -0.360 e. The van der Waals surface area contributed by atoms with Crippen LogP contribution >= 0.6 is 23.1 Å². The van der Waals surface area contributed by atoms with Crippen molar-refractivity contribution in [1.82, 2.24) is 10.2 Å². The fraction of sp³-hybridized carbons (Fsp3) is 0.273. The van der Waals surface area contributed by atoms with Gasteiger partial charge in [-0.15, -0.1) is 10.2 Å². The number of halogens is 3. The van der Waals surface area contributed by atoms with Gasteiger partial charge in [-0.2, -0.15) is 13.2 Å². The Kier molecular flexibility index (Phi) is 4.86. The van der Waals surface area contributed by atoms with Crippen LogP contribution in [0.5, 0.6) is 0 Å². The van der Waals surface area contributed by atoms with Crippen LogP contribution in [-0.2, 0) is 6.18 Å². The molecule has 2 rings (SSSR count). The maximum absolute atomic E-state index is 12.6. The molecule has 0 aliphatic carbocycles. The Hall–Kier alpha value is -1.88. The molecule has 2 aromatic rings. The van der Waals surface area contributed by atoms with Gasteiger partial charge in [0, 0.05) is 12.6 Å². The average Bonchev–Trinajstić information content (AvgIpc) is 2.85. The van der Waals surface area contributed by atoms with E-state index in [0.717, 1.165) is 23.9 Å². The van der Waals surface area contributed by atoms with Crippen LogP contribution in [0.3, 0.4) is 0 Å². The summed E-state index contributed by atoms with van der Waals surface area (Å²) in [5, 5.41) is 22.1. The van der Waals surface area contributed by atoms with Gasteiger partial charge in [0.1, 0.15) is 0 Å². The normalized spacial score (nSPS) is 11.5. The van der Waals surface area contributed by atoms with Crippen molar-refractivity contribution in [3.8, 4) is 0 Å². The number of anilines is 1. The van der Waals surface area contributed by atoms with Crippen LogP contribution in [-0.4, -0.2) is 21.7 Å². The number of nitro groups is 1. The van der Waals surface area contributed by atoms with Gasteiger partial charge in [0.2, 0.25) is 5.13 Å². The van der Waals surface area contributed by atoms with Crippen LogP contribution in [0.25, 0.3) is 0 Å². The lowest BCUT2D eigenvalue weighted by atomic mass is 10.2. The lowest BCUT2D eigenvalue weighted by Crippen LogP contribution is -2.05. The largest absolute Gasteiger partial charge is 0.416 e. The van der Waals surface area contributed by atoms with E-state index < -0.39 is 22.4 Å². The number of alkyl halides is 3. The predicted octanol–water partition coefficient (Wildman–Crippen LogP) is 4.05. The lowest BCUT2D eigenvalue weighted by molar-refractivity contribution is -0.388. The Morgan fingerprint density at radius 2 is 2.14 bits per heavy atom. The van der Waals surface area contributed by atoms with E-state index in [1.165, 1.54) is 11.3 Å². The number of rotatable bonds is 5. The molecule has 0 fully saturated rings. The smallest absolute Gasteiger partial charge is 0.360 e. The number of nitrogens with one attached hydrogen (secondary N) is 1. The van der Waals surface area contributed by atoms with Crippen molar-refractivity contribution in [1.29, 1.82) is 0 Å². The van der Waals surface area contributed by atoms with Crippen molar-refractivity contribution in [2.24, 2.45) is 0 Å². The van der Waals surface area contributed by atoms with Crippen LogP contribution in [0.1, 0.15) is 12.5 Å². The molecule has 1 heterocycles. The molecule has 118 valence electrons. The number of benzene rings is 1. The van der Waals surface area contributed by atoms with Gasteiger partial charge in [-0.1, -0.05) is 11.3 Å². The molecule has 0 unspecified atom stereocenters. The van der Waals surface area contributed by atoms with Crippen LogP contribution in [0.2, 0.25) is 0 Å². The monoisotopic (exact) mass is 350 g/mol. The van der Waals surface area contributed by atoms with Gasteiger partial charge in [-0.05, 0) is 30.8 Å². The third-order valence-corrected chi connectivity index (χ3v) is 4.41. The number of nitro benzene ring substituents is 1. The van der Waals surface area contributed by atoms with E-state index in [1.807, 2.05) is 6.92 Å². The van der Waals surface area contributed by atoms with Gasteiger partial charge >= 0.3 is 6.18 Å². The van der Waals surface area contributed by atoms with Crippen molar-refractivity contribution in [3.63, 3.8) is 0 Å². The van der Waals surface area contributed by atoms with E-state index in [9.17, 15) is 23.3 Å². The molecule has 0 aliphatic rings. The maximum Gasteiger partial charge on any atom is 0.416 e. The molecular weight excluding hydrogens is 341 g/mol. The molecule has 0 bridgehead atoms. The first-order valence-corrected chi connectivity index (χ1v) is 7.55. The van der Waals surface area contributed by atoms with E-state index in [-0.39, 0.29) is 4.90 Å². The molecule has 0 saturated heterocycles. The van der Waals surface area contributed by atoms with Crippen molar-refractivity contribution in [3.05, 3.63) is 33.9 Å². The summed E-state index contributed by atoms with van der Waals surface area (Å²) in [5.41, 5.74) is -1.67. The number of aromatic nitrogens is 2. The zero-order valence-corrected chi connectivity index (χ0v) is 12.7. The van der Waals surface area contributed by atoms with E-state index >= 15 is 0 Å². The molecule has 0 spiro atoms. The summed E-state index contributed by atoms with van der Waals surface area (Å²) in [6.07, 6.45) is -4.63. The third kappa shape index (κ3) is 3.85.